The van der Waals surface area contributed by atoms with Crippen molar-refractivity contribution in [2.75, 3.05) is 39.5 Å². The van der Waals surface area contributed by atoms with Crippen LogP contribution in [0.1, 0.15) is 318 Å². The molecule has 0 radical (unpaired) electrons. The molecule has 0 aromatic carbocycles. The summed E-state index contributed by atoms with van der Waals surface area (Å²) in [6, 6.07) is 0. The Bertz CT molecular complexity index is 1310. The lowest BCUT2D eigenvalue weighted by Gasteiger charge is -2.54. The van der Waals surface area contributed by atoms with Crippen LogP contribution in [0.4, 0.5) is 0 Å². The zero-order valence-electron chi connectivity index (χ0n) is 48.3. The van der Waals surface area contributed by atoms with Crippen molar-refractivity contribution in [3.63, 3.8) is 0 Å². The molecule has 4 aliphatic rings. The van der Waals surface area contributed by atoms with Crippen LogP contribution in [-0.2, 0) is 28.6 Å². The van der Waals surface area contributed by atoms with E-state index in [2.05, 4.69) is 46.4 Å². The molecule has 0 aromatic heterocycles. The summed E-state index contributed by atoms with van der Waals surface area (Å²) in [6.07, 6.45) is 50.2. The molecule has 4 rings (SSSR count). The van der Waals surface area contributed by atoms with Crippen molar-refractivity contribution in [3.8, 4) is 0 Å². The third kappa shape index (κ3) is 27.6. The van der Waals surface area contributed by atoms with Gasteiger partial charge in [0.1, 0.15) is 0 Å². The Hall–Kier alpha value is -1.63. The van der Waals surface area contributed by atoms with Crippen molar-refractivity contribution in [1.82, 2.24) is 4.90 Å². The Morgan fingerprint density at radius 3 is 1.07 bits per heavy atom. The van der Waals surface area contributed by atoms with Crippen LogP contribution >= 0.6 is 0 Å². The van der Waals surface area contributed by atoms with Crippen molar-refractivity contribution < 1.29 is 28.6 Å². The fraction of sp³-hybridized carbons (Fsp3) is 0.953. The maximum Gasteiger partial charge on any atom is 0.306 e. The average Bonchev–Trinajstić information content (AvgIpc) is 3.53. The lowest BCUT2D eigenvalue weighted by atomic mass is 9.51. The number of hydrogen-bond donors (Lipinski definition) is 0. The molecule has 416 valence electrons. The first-order valence-corrected chi connectivity index (χ1v) is 31.8. The second-order valence-electron chi connectivity index (χ2n) is 24.7. The maximum absolute atomic E-state index is 14.1. The number of carbonyl (C=O) groups excluding carboxylic acids is 3. The van der Waals surface area contributed by atoms with Crippen LogP contribution in [0.25, 0.3) is 0 Å². The standard InChI is InChI=1S/C64H119NO6/c1-7-13-17-21-25-29-33-38-56(39-34-30-26-22-18-14-8-2)46-60(67)70-54-63-44-43-62(53-69-59(66)42-37-45-65(11-5)12-6)48-58(49-63)50-64(51-62,52-63)55-71-61(68)47-57(40-35-31-27-23-19-15-9-3)41-36-32-28-24-20-16-10-4/h56-58H,7-55H2,1-6H3. The molecule has 4 bridgehead atoms. The van der Waals surface area contributed by atoms with E-state index in [4.69, 9.17) is 14.2 Å². The Kier molecular flexibility index (Phi) is 34.8. The molecule has 0 N–H and O–H groups in total. The van der Waals surface area contributed by atoms with E-state index in [-0.39, 0.29) is 34.2 Å². The minimum Gasteiger partial charge on any atom is -0.465 e. The van der Waals surface area contributed by atoms with E-state index in [1.165, 1.54) is 180 Å². The maximum atomic E-state index is 14.1. The highest BCUT2D eigenvalue weighted by molar-refractivity contribution is 5.70. The molecule has 71 heavy (non-hydrogen) atoms. The van der Waals surface area contributed by atoms with Crippen LogP contribution in [0.2, 0.25) is 0 Å². The minimum absolute atomic E-state index is 0.00391. The summed E-state index contributed by atoms with van der Waals surface area (Å²) in [4.78, 5) is 43.8. The van der Waals surface area contributed by atoms with Gasteiger partial charge < -0.3 is 19.1 Å². The van der Waals surface area contributed by atoms with Crippen LogP contribution < -0.4 is 0 Å². The summed E-state index contributed by atoms with van der Waals surface area (Å²) in [5, 5.41) is 0. The molecular weight excluding hydrogens is 879 g/mol. The highest BCUT2D eigenvalue weighted by Gasteiger charge is 2.60. The Morgan fingerprint density at radius 1 is 0.408 bits per heavy atom. The third-order valence-corrected chi connectivity index (χ3v) is 18.0. The first-order valence-electron chi connectivity index (χ1n) is 31.8. The van der Waals surface area contributed by atoms with E-state index < -0.39 is 0 Å². The smallest absolute Gasteiger partial charge is 0.306 e. The van der Waals surface area contributed by atoms with Crippen molar-refractivity contribution in [2.24, 2.45) is 34.0 Å². The predicted octanol–water partition coefficient (Wildman–Crippen LogP) is 18.7. The molecule has 4 atom stereocenters. The van der Waals surface area contributed by atoms with Gasteiger partial charge in [-0.15, -0.1) is 0 Å². The molecular formula is C64H119NO6. The second-order valence-corrected chi connectivity index (χ2v) is 24.7. The highest BCUT2D eigenvalue weighted by atomic mass is 16.5. The van der Waals surface area contributed by atoms with Crippen LogP contribution in [0.3, 0.4) is 0 Å². The number of hydrogen-bond acceptors (Lipinski definition) is 7. The van der Waals surface area contributed by atoms with Gasteiger partial charge in [-0.05, 0) is 114 Å². The zero-order chi connectivity index (χ0) is 51.3. The van der Waals surface area contributed by atoms with Gasteiger partial charge in [-0.3, -0.25) is 14.4 Å². The molecule has 4 saturated carbocycles. The number of rotatable bonds is 48. The van der Waals surface area contributed by atoms with E-state index in [9.17, 15) is 14.4 Å². The van der Waals surface area contributed by atoms with Crippen molar-refractivity contribution in [1.29, 1.82) is 0 Å². The lowest BCUT2D eigenvalue weighted by Crippen LogP contribution is -2.50. The summed E-state index contributed by atoms with van der Waals surface area (Å²) in [7, 11) is 0. The summed E-state index contributed by atoms with van der Waals surface area (Å²) in [6.45, 7) is 17.8. The van der Waals surface area contributed by atoms with E-state index >= 15 is 0 Å². The highest BCUT2D eigenvalue weighted by Crippen LogP contribution is 2.66. The van der Waals surface area contributed by atoms with Crippen molar-refractivity contribution >= 4 is 17.9 Å². The molecule has 0 aliphatic heterocycles. The average molecular weight is 999 g/mol. The second kappa shape index (κ2) is 38.9. The van der Waals surface area contributed by atoms with Gasteiger partial charge in [0.15, 0.2) is 0 Å². The molecule has 0 spiro atoms. The molecule has 0 heterocycles. The number of esters is 3. The van der Waals surface area contributed by atoms with Gasteiger partial charge in [0.25, 0.3) is 0 Å². The number of nitrogens with zero attached hydrogens (tertiary/aromatic N) is 1. The van der Waals surface area contributed by atoms with E-state index in [0.717, 1.165) is 96.7 Å². The predicted molar refractivity (Wildman–Crippen MR) is 300 cm³/mol. The number of fused-ring (bicyclic) bond motifs is 1. The minimum atomic E-state index is -0.182. The first kappa shape index (κ1) is 63.7. The molecule has 7 heteroatoms. The SMILES string of the molecule is CCCCCCCCCC(CCCCCCCCC)CC(=O)OCC12CCC3(COC(=O)CCCN(CC)CC)CC(C1)CC(COC(=O)CC(CCCCCCCCC)CCCCCCCCC)(C3)C2. The van der Waals surface area contributed by atoms with Gasteiger partial charge in [-0.25, -0.2) is 0 Å². The quantitative estimate of drug-likeness (QED) is 0.0341. The van der Waals surface area contributed by atoms with Gasteiger partial charge in [0.2, 0.25) is 0 Å². The van der Waals surface area contributed by atoms with Gasteiger partial charge in [-0.2, -0.15) is 0 Å². The fourth-order valence-corrected chi connectivity index (χ4v) is 14.0. The summed E-state index contributed by atoms with van der Waals surface area (Å²) in [5.74, 6) is 1.15. The van der Waals surface area contributed by atoms with Crippen LogP contribution in [0.5, 0.6) is 0 Å². The van der Waals surface area contributed by atoms with Gasteiger partial charge in [-0.1, -0.05) is 221 Å². The lowest BCUT2D eigenvalue weighted by molar-refractivity contribution is -0.164. The molecule has 0 amide bonds. The van der Waals surface area contributed by atoms with Crippen LogP contribution in [-0.4, -0.2) is 62.3 Å². The number of ether oxygens (including phenoxy) is 3. The fourth-order valence-electron chi connectivity index (χ4n) is 14.0. The zero-order valence-corrected chi connectivity index (χ0v) is 48.3. The molecule has 4 fully saturated rings. The van der Waals surface area contributed by atoms with E-state index in [1.807, 2.05) is 0 Å². The first-order chi connectivity index (χ1) is 34.6. The van der Waals surface area contributed by atoms with Crippen LogP contribution in [0.15, 0.2) is 0 Å². The van der Waals surface area contributed by atoms with Crippen molar-refractivity contribution in [3.05, 3.63) is 0 Å². The topological polar surface area (TPSA) is 82.1 Å². The molecule has 0 saturated heterocycles. The van der Waals surface area contributed by atoms with Gasteiger partial charge in [0, 0.05) is 35.5 Å². The summed E-state index contributed by atoms with van der Waals surface area (Å²) < 4.78 is 19.3. The monoisotopic (exact) mass is 998 g/mol. The summed E-state index contributed by atoms with van der Waals surface area (Å²) >= 11 is 0. The van der Waals surface area contributed by atoms with E-state index in [1.54, 1.807) is 0 Å². The van der Waals surface area contributed by atoms with E-state index in [0.29, 0.717) is 56.8 Å². The van der Waals surface area contributed by atoms with Crippen molar-refractivity contribution in [2.45, 2.75) is 318 Å². The molecule has 7 nitrogen and oxygen atoms in total. The molecule has 4 aliphatic carbocycles. The Balaban J connectivity index is 1.71. The van der Waals surface area contributed by atoms with Gasteiger partial charge >= 0.3 is 17.9 Å². The van der Waals surface area contributed by atoms with Crippen LogP contribution in [0, 0.1) is 34.0 Å². The Morgan fingerprint density at radius 2 is 0.718 bits per heavy atom. The molecule has 0 aromatic rings. The third-order valence-electron chi connectivity index (χ3n) is 18.0. The number of carbonyl (C=O) groups is 3. The summed E-state index contributed by atoms with van der Waals surface area (Å²) in [5.41, 5.74) is -0.431. The largest absolute Gasteiger partial charge is 0.465 e. The normalized spacial score (nSPS) is 21.7. The van der Waals surface area contributed by atoms with Gasteiger partial charge in [0.05, 0.1) is 19.8 Å². The molecule has 4 unspecified atom stereocenters. The Labute approximate surface area is 440 Å². The number of unbranched alkanes of at least 4 members (excludes halogenated alkanes) is 24.